The summed E-state index contributed by atoms with van der Waals surface area (Å²) < 4.78 is 32.0. The van der Waals surface area contributed by atoms with Gasteiger partial charge in [0.05, 0.1) is 0 Å². The van der Waals surface area contributed by atoms with Crippen LogP contribution >= 0.6 is 0 Å². The standard InChI is InChI=1S/H2O4Te.Zr/c1-5(2,3)4;/h(H2,1,2,3,4);. The van der Waals surface area contributed by atoms with Gasteiger partial charge < -0.3 is 0 Å². The number of rotatable bonds is 0. The molecular weight excluding hydrogens is 283 g/mol. The maximum absolute atomic E-state index is 8.85. The first-order valence-corrected chi connectivity index (χ1v) is 4.69. The van der Waals surface area contributed by atoms with Gasteiger partial charge in [-0.3, -0.25) is 0 Å². The van der Waals surface area contributed by atoms with E-state index >= 15 is 0 Å². The van der Waals surface area contributed by atoms with E-state index in [1.165, 1.54) is 0 Å². The Morgan fingerprint density at radius 2 is 1.17 bits per heavy atom. The van der Waals surface area contributed by atoms with Gasteiger partial charge in [-0.1, -0.05) is 0 Å². The van der Waals surface area contributed by atoms with Gasteiger partial charge in [-0.2, -0.15) is 0 Å². The molecule has 0 atom stereocenters. The van der Waals surface area contributed by atoms with E-state index in [-0.39, 0.29) is 26.2 Å². The van der Waals surface area contributed by atoms with Crippen LogP contribution in [0.3, 0.4) is 0 Å². The van der Waals surface area contributed by atoms with Gasteiger partial charge >= 0.3 is 32.1 Å². The maximum Gasteiger partial charge on any atom is 0 e. The number of hydrogen-bond acceptors (Lipinski definition) is 2. The topological polar surface area (TPSA) is 74.6 Å². The third-order valence-electron chi connectivity index (χ3n) is 0. The Morgan fingerprint density at radius 3 is 1.17 bits per heavy atom. The molecule has 0 heterocycles. The Bertz CT molecular complexity index is 90.7. The van der Waals surface area contributed by atoms with E-state index in [9.17, 15) is 0 Å². The van der Waals surface area contributed by atoms with Crippen LogP contribution in [0.4, 0.5) is 0 Å². The van der Waals surface area contributed by atoms with Crippen molar-refractivity contribution in [3.8, 4) is 0 Å². The molecular formula is H2O4TeZr. The van der Waals surface area contributed by atoms with Crippen molar-refractivity contribution in [2.75, 3.05) is 0 Å². The fourth-order valence-corrected chi connectivity index (χ4v) is 0. The van der Waals surface area contributed by atoms with Crippen LogP contribution in [0.5, 0.6) is 0 Å². The van der Waals surface area contributed by atoms with Gasteiger partial charge in [-0.05, 0) is 0 Å². The van der Waals surface area contributed by atoms with E-state index in [4.69, 9.17) is 13.2 Å². The zero-order valence-corrected chi connectivity index (χ0v) is 7.41. The van der Waals surface area contributed by atoms with Crippen LogP contribution in [0.2, 0.25) is 0 Å². The van der Waals surface area contributed by atoms with Crippen molar-refractivity contribution in [2.24, 2.45) is 0 Å². The minimum atomic E-state index is -5.52. The smallest absolute Gasteiger partial charge is 0 e. The molecule has 4 nitrogen and oxygen atoms in total. The van der Waals surface area contributed by atoms with Crippen LogP contribution in [-0.2, 0) is 32.4 Å². The van der Waals surface area contributed by atoms with Crippen molar-refractivity contribution in [1.82, 2.24) is 0 Å². The van der Waals surface area contributed by atoms with Crippen molar-refractivity contribution in [3.63, 3.8) is 0 Å². The molecule has 0 fully saturated rings. The Hall–Kier alpha value is 1.19. The molecule has 0 radical (unpaired) electrons. The summed E-state index contributed by atoms with van der Waals surface area (Å²) in [5.74, 6) is 0. The third kappa shape index (κ3) is 64.2. The average molecular weight is 285 g/mol. The molecule has 0 spiro atoms. The van der Waals surface area contributed by atoms with Gasteiger partial charge in [0, 0.05) is 26.2 Å². The summed E-state index contributed by atoms with van der Waals surface area (Å²) in [6, 6.07) is 0. The predicted octanol–water partition coefficient (Wildman–Crippen LogP) is -1.73. The first-order chi connectivity index (χ1) is 2.00. The second-order valence-electron chi connectivity index (χ2n) is 0.448. The molecule has 0 rings (SSSR count). The van der Waals surface area contributed by atoms with Crippen molar-refractivity contribution >= 4 is 19.0 Å². The van der Waals surface area contributed by atoms with Gasteiger partial charge in [0.15, 0.2) is 0 Å². The summed E-state index contributed by atoms with van der Waals surface area (Å²) in [5, 5.41) is 0. The molecule has 0 aromatic heterocycles. The summed E-state index contributed by atoms with van der Waals surface area (Å²) in [7, 11) is 0. The molecule has 36 valence electrons. The van der Waals surface area contributed by atoms with Gasteiger partial charge in [0.1, 0.15) is 0 Å². The van der Waals surface area contributed by atoms with Crippen LogP contribution in [0.25, 0.3) is 0 Å². The van der Waals surface area contributed by atoms with Crippen molar-refractivity contribution in [3.05, 3.63) is 0 Å². The second kappa shape index (κ2) is 3.23. The summed E-state index contributed by atoms with van der Waals surface area (Å²) in [5.41, 5.74) is 0. The molecule has 2 N–H and O–H groups in total. The third-order valence-corrected chi connectivity index (χ3v) is 0. The van der Waals surface area contributed by atoms with Crippen LogP contribution in [0, 0.1) is 0 Å². The van der Waals surface area contributed by atoms with Gasteiger partial charge in [-0.15, -0.1) is 0 Å². The SMILES string of the molecule is O=[Te](=O)(O)O.[Zr]. The minimum absolute atomic E-state index is 0. The van der Waals surface area contributed by atoms with Gasteiger partial charge in [0.25, 0.3) is 0 Å². The molecule has 0 aliphatic rings. The normalized spacial score (nSPS) is 9.67. The Kier molecular flexibility index (Phi) is 5.50. The van der Waals surface area contributed by atoms with Crippen molar-refractivity contribution in [2.45, 2.75) is 0 Å². The minimum Gasteiger partial charge on any atom is 0 e. The summed E-state index contributed by atoms with van der Waals surface area (Å²) in [4.78, 5) is 0. The van der Waals surface area contributed by atoms with Gasteiger partial charge in [-0.25, -0.2) is 0 Å². The van der Waals surface area contributed by atoms with Crippen molar-refractivity contribution < 1.29 is 39.4 Å². The molecule has 0 aromatic rings. The van der Waals surface area contributed by atoms with Crippen LogP contribution < -0.4 is 0 Å². The fraction of sp³-hybridized carbons (Fsp3) is 0. The second-order valence-corrected chi connectivity index (χ2v) is 3.00. The molecule has 0 bridgehead atoms. The molecule has 0 aliphatic heterocycles. The van der Waals surface area contributed by atoms with E-state index in [1.54, 1.807) is 0 Å². The Morgan fingerprint density at radius 1 is 1.17 bits per heavy atom. The molecule has 6 heavy (non-hydrogen) atoms. The van der Waals surface area contributed by atoms with Crippen molar-refractivity contribution in [1.29, 1.82) is 0 Å². The van der Waals surface area contributed by atoms with E-state index in [0.717, 1.165) is 0 Å². The van der Waals surface area contributed by atoms with E-state index in [1.807, 2.05) is 0 Å². The Balaban J connectivity index is 0. The molecule has 0 aromatic carbocycles. The fourth-order valence-electron chi connectivity index (χ4n) is 0. The van der Waals surface area contributed by atoms with Crippen LogP contribution in [0.1, 0.15) is 0 Å². The van der Waals surface area contributed by atoms with E-state index < -0.39 is 19.0 Å². The largest absolute Gasteiger partial charge is 0 e. The summed E-state index contributed by atoms with van der Waals surface area (Å²) in [6.07, 6.45) is 0. The zero-order chi connectivity index (χ0) is 4.50. The zero-order valence-electron chi connectivity index (χ0n) is 2.62. The molecule has 6 heteroatoms. The van der Waals surface area contributed by atoms with E-state index in [0.29, 0.717) is 0 Å². The van der Waals surface area contributed by atoms with E-state index in [2.05, 4.69) is 0 Å². The molecule has 0 amide bonds. The monoisotopic (exact) mass is 286 g/mol. The predicted molar refractivity (Wildman–Crippen MR) is 11.6 cm³/mol. The van der Waals surface area contributed by atoms with Crippen LogP contribution in [0.15, 0.2) is 0 Å². The average Bonchev–Trinajstić information content (AvgIpc) is 0.722. The van der Waals surface area contributed by atoms with Crippen LogP contribution in [-0.4, -0.2) is 25.9 Å². The quantitative estimate of drug-likeness (QED) is 0.518. The molecule has 0 saturated carbocycles. The molecule has 0 saturated heterocycles. The molecule has 0 unspecified atom stereocenters. The molecule has 0 aliphatic carbocycles. The summed E-state index contributed by atoms with van der Waals surface area (Å²) in [6.45, 7) is 0. The Labute approximate surface area is 57.9 Å². The first kappa shape index (κ1) is 10.2. The first-order valence-electron chi connectivity index (χ1n) is 0.698. The van der Waals surface area contributed by atoms with Gasteiger partial charge in [0.2, 0.25) is 0 Å². The number of hydrogen-bond donors (Lipinski definition) is 2. The maximum atomic E-state index is 8.85. The summed E-state index contributed by atoms with van der Waals surface area (Å²) >= 11 is -5.52.